The number of hydrogen-bond donors (Lipinski definition) is 5. The third-order valence-corrected chi connectivity index (χ3v) is 11.8. The summed E-state index contributed by atoms with van der Waals surface area (Å²) in [5.41, 5.74) is -0.784. The van der Waals surface area contributed by atoms with E-state index in [1.54, 1.807) is 0 Å². The number of fused-ring (bicyclic) bond motifs is 3. The summed E-state index contributed by atoms with van der Waals surface area (Å²) in [7, 11) is -9.55. The topological polar surface area (TPSA) is 206 Å². The van der Waals surface area contributed by atoms with Crippen LogP contribution in [0.2, 0.25) is 5.28 Å². The molecule has 3 aliphatic rings. The highest BCUT2D eigenvalue weighted by Gasteiger charge is 2.49. The first-order valence-electron chi connectivity index (χ1n) is 13.7. The summed E-state index contributed by atoms with van der Waals surface area (Å²) in [6, 6.07) is 0. The van der Waals surface area contributed by atoms with Crippen LogP contribution >= 0.6 is 19.2 Å². The van der Waals surface area contributed by atoms with Gasteiger partial charge in [0.15, 0.2) is 28.7 Å². The lowest BCUT2D eigenvalue weighted by atomic mass is 9.56. The smallest absolute Gasteiger partial charge is 0.345 e. The number of aliphatic hydroxyl groups is 2. The van der Waals surface area contributed by atoms with Crippen molar-refractivity contribution < 1.29 is 41.9 Å². The van der Waals surface area contributed by atoms with Gasteiger partial charge in [-0.15, -0.1) is 0 Å². The average molecular weight is 638 g/mol. The predicted molar refractivity (Wildman–Crippen MR) is 149 cm³/mol. The van der Waals surface area contributed by atoms with Gasteiger partial charge >= 0.3 is 7.60 Å². The number of aliphatic hydroxyl groups excluding tert-OH is 2. The van der Waals surface area contributed by atoms with E-state index < -0.39 is 54.4 Å². The van der Waals surface area contributed by atoms with Crippen molar-refractivity contribution in [2.45, 2.75) is 95.3 Å². The van der Waals surface area contributed by atoms with E-state index in [4.69, 9.17) is 25.4 Å². The molecule has 2 bridgehead atoms. The number of hydrogen-bond acceptors (Lipinski definition) is 11. The molecule has 2 saturated carbocycles. The number of ether oxygens (including phenoxy) is 1. The van der Waals surface area contributed by atoms with Crippen LogP contribution < -0.4 is 5.32 Å². The lowest BCUT2D eigenvalue weighted by Crippen LogP contribution is -2.52. The van der Waals surface area contributed by atoms with Crippen LogP contribution in [-0.4, -0.2) is 83.5 Å². The molecule has 8 atom stereocenters. The van der Waals surface area contributed by atoms with E-state index in [9.17, 15) is 28.1 Å². The molecule has 3 unspecified atom stereocenters. The summed E-state index contributed by atoms with van der Waals surface area (Å²) in [6.45, 7) is 3.85. The molecule has 0 radical (unpaired) electrons. The number of imidazole rings is 1. The van der Waals surface area contributed by atoms with Crippen LogP contribution in [0, 0.1) is 11.3 Å². The van der Waals surface area contributed by atoms with E-state index in [0.29, 0.717) is 17.3 Å². The van der Waals surface area contributed by atoms with Gasteiger partial charge in [0.2, 0.25) is 5.28 Å². The van der Waals surface area contributed by atoms with Gasteiger partial charge < -0.3 is 29.7 Å². The van der Waals surface area contributed by atoms with Crippen molar-refractivity contribution in [1.82, 2.24) is 19.5 Å². The van der Waals surface area contributed by atoms with Crippen molar-refractivity contribution >= 4 is 46.3 Å². The Morgan fingerprint density at radius 3 is 2.73 bits per heavy atom. The molecule has 5 N–H and O–H groups in total. The van der Waals surface area contributed by atoms with E-state index in [2.05, 4.69) is 34.1 Å². The molecule has 1 saturated heterocycles. The minimum absolute atomic E-state index is 0.0445. The van der Waals surface area contributed by atoms with Gasteiger partial charge in [-0.1, -0.05) is 33.1 Å². The summed E-state index contributed by atoms with van der Waals surface area (Å²) < 4.78 is 54.7. The second kappa shape index (κ2) is 11.3. The number of nitrogens with one attached hydrogen (secondary N) is 1. The Morgan fingerprint density at radius 2 is 2.02 bits per heavy atom. The van der Waals surface area contributed by atoms with Crippen molar-refractivity contribution in [3.05, 3.63) is 11.6 Å². The molecule has 2 aliphatic carbocycles. The third kappa shape index (κ3) is 6.73. The van der Waals surface area contributed by atoms with E-state index in [-0.39, 0.29) is 21.9 Å². The first-order chi connectivity index (χ1) is 19.1. The van der Waals surface area contributed by atoms with Gasteiger partial charge in [-0.3, -0.25) is 13.7 Å². The Balaban J connectivity index is 1.39. The SMILES string of the molecule is CCC[C@@H]1C[C@]2(C)CCC[C@](Nc3nc(Cl)nc4c3ncn4[C@@H]3O[C@H](COP(=O)(O)CS(=O)(=O)O)C(O)C3O)(C1)C2. The van der Waals surface area contributed by atoms with Crippen LogP contribution in [0.15, 0.2) is 6.33 Å². The zero-order valence-electron chi connectivity index (χ0n) is 22.9. The Morgan fingerprint density at radius 1 is 1.27 bits per heavy atom. The lowest BCUT2D eigenvalue weighted by molar-refractivity contribution is -0.0483. The molecule has 5 rings (SSSR count). The molecule has 41 heavy (non-hydrogen) atoms. The molecule has 2 aromatic rings. The second-order valence-corrected chi connectivity index (χ2v) is 16.2. The van der Waals surface area contributed by atoms with Crippen LogP contribution in [0.4, 0.5) is 5.82 Å². The number of rotatable bonds is 10. The van der Waals surface area contributed by atoms with Crippen molar-refractivity contribution in [2.75, 3.05) is 17.4 Å². The number of anilines is 1. The summed E-state index contributed by atoms with van der Waals surface area (Å²) in [4.78, 5) is 23.0. The number of aromatic nitrogens is 4. The van der Waals surface area contributed by atoms with Crippen LogP contribution in [0.3, 0.4) is 0 Å². The highest BCUT2D eigenvalue weighted by Crippen LogP contribution is 2.55. The van der Waals surface area contributed by atoms with Gasteiger partial charge in [-0.2, -0.15) is 18.4 Å². The zero-order chi connectivity index (χ0) is 29.8. The van der Waals surface area contributed by atoms with Crippen LogP contribution in [0.1, 0.15) is 71.4 Å². The van der Waals surface area contributed by atoms with E-state index in [1.807, 2.05) is 0 Å². The van der Waals surface area contributed by atoms with Gasteiger partial charge in [0, 0.05) is 5.54 Å². The Hall–Kier alpha value is -1.42. The summed E-state index contributed by atoms with van der Waals surface area (Å²) in [5, 5.41) is 25.0. The first kappa shape index (κ1) is 31.0. The summed E-state index contributed by atoms with van der Waals surface area (Å²) in [5.74, 6) is 1.07. The predicted octanol–water partition coefficient (Wildman–Crippen LogP) is 3.09. The highest BCUT2D eigenvalue weighted by molar-refractivity contribution is 7.92. The number of nitrogens with zero attached hydrogens (tertiary/aromatic N) is 4. The fraction of sp³-hybridized carbons (Fsp3) is 0.792. The van der Waals surface area contributed by atoms with Crippen LogP contribution in [0.5, 0.6) is 0 Å². The third-order valence-electron chi connectivity index (χ3n) is 8.51. The molecular formula is C24H37ClN5O9PS. The minimum Gasteiger partial charge on any atom is -0.387 e. The molecule has 14 nitrogen and oxygen atoms in total. The van der Waals surface area contributed by atoms with E-state index in [0.717, 1.165) is 32.1 Å². The molecule has 0 spiro atoms. The van der Waals surface area contributed by atoms with Crippen molar-refractivity contribution in [2.24, 2.45) is 11.3 Å². The minimum atomic E-state index is -4.79. The Labute approximate surface area is 243 Å². The van der Waals surface area contributed by atoms with E-state index in [1.165, 1.54) is 30.2 Å². The van der Waals surface area contributed by atoms with Crippen molar-refractivity contribution in [3.8, 4) is 0 Å². The van der Waals surface area contributed by atoms with Gasteiger partial charge in [0.1, 0.15) is 18.3 Å². The molecule has 2 aromatic heterocycles. The highest BCUT2D eigenvalue weighted by atomic mass is 35.5. The molecule has 1 aliphatic heterocycles. The molecule has 0 amide bonds. The molecule has 17 heteroatoms. The fourth-order valence-corrected chi connectivity index (χ4v) is 9.72. The summed E-state index contributed by atoms with van der Waals surface area (Å²) in [6.07, 6.45) is 4.60. The van der Waals surface area contributed by atoms with Gasteiger partial charge in [-0.05, 0) is 55.0 Å². The second-order valence-electron chi connectivity index (χ2n) is 12.2. The first-order valence-corrected chi connectivity index (χ1v) is 17.5. The fourth-order valence-electron chi connectivity index (χ4n) is 7.23. The zero-order valence-corrected chi connectivity index (χ0v) is 25.4. The Kier molecular flexibility index (Phi) is 8.51. The maximum Gasteiger partial charge on any atom is 0.345 e. The lowest BCUT2D eigenvalue weighted by Gasteiger charge is -2.54. The quantitative estimate of drug-likeness (QED) is 0.144. The molecule has 3 heterocycles. The largest absolute Gasteiger partial charge is 0.387 e. The molecule has 0 aromatic carbocycles. The standard InChI is InChI=1S/C24H37ClN5O9PS/c1-3-5-14-8-23(2)6-4-7-24(9-14,11-23)29-19-16-20(28-22(25)27-19)30(12-26-16)21-18(32)17(31)15(39-21)10-38-40(33,34)13-41(35,36)37/h12,14-15,17-18,21,31-32H,3-11,13H2,1-2H3,(H,33,34)(H,27,28,29)(H,35,36,37)/t14-,15-,17?,18?,21-,23+,24+/m1/s1. The van der Waals surface area contributed by atoms with Gasteiger partial charge in [0.05, 0.1) is 12.9 Å². The maximum atomic E-state index is 12.0. The van der Waals surface area contributed by atoms with Gasteiger partial charge in [-0.25, -0.2) is 4.98 Å². The molecule has 3 fully saturated rings. The Bertz CT molecular complexity index is 1450. The van der Waals surface area contributed by atoms with Gasteiger partial charge in [0.25, 0.3) is 10.1 Å². The summed E-state index contributed by atoms with van der Waals surface area (Å²) >= 11 is 6.36. The molecule has 230 valence electrons. The van der Waals surface area contributed by atoms with Crippen molar-refractivity contribution in [3.63, 3.8) is 0 Å². The van der Waals surface area contributed by atoms with Crippen LogP contribution in [0.25, 0.3) is 11.2 Å². The number of halogens is 1. The average Bonchev–Trinajstić information content (AvgIpc) is 3.36. The van der Waals surface area contributed by atoms with Crippen LogP contribution in [-0.2, 0) is 23.9 Å². The normalized spacial score (nSPS) is 35.4. The monoisotopic (exact) mass is 637 g/mol. The maximum absolute atomic E-state index is 12.0. The van der Waals surface area contributed by atoms with Crippen molar-refractivity contribution in [1.29, 1.82) is 0 Å². The molecular weight excluding hydrogens is 601 g/mol. The van der Waals surface area contributed by atoms with E-state index >= 15 is 0 Å².